The molecule has 1 unspecified atom stereocenters. The number of hydrogen-bond donors (Lipinski definition) is 1. The first-order valence-corrected chi connectivity index (χ1v) is 12.4. The van der Waals surface area contributed by atoms with Crippen molar-refractivity contribution in [2.45, 2.75) is 44.8 Å². The standard InChI is InChI=1S/C31H31NO3.ClH/c1-22(27-13-7-10-24-9-2-3-12-28(24)27)8-6-11-26-21-32(29-14-4-5-15-30(29)35-26)20-23-16-18-25(19-17-23)31(33)34;/h2-5,7,9-10,12-19,22,26H,6,8,11,20-21H2,1H3,(H,33,34);1H/t22-,26?;/m0./s1. The van der Waals surface area contributed by atoms with Crippen molar-refractivity contribution in [1.82, 2.24) is 0 Å². The number of nitrogens with zero attached hydrogens (tertiary/aromatic N) is 1. The van der Waals surface area contributed by atoms with Crippen LogP contribution in [0.1, 0.15) is 53.6 Å². The molecule has 0 saturated carbocycles. The van der Waals surface area contributed by atoms with E-state index in [1.165, 1.54) is 16.3 Å². The summed E-state index contributed by atoms with van der Waals surface area (Å²) >= 11 is 0. The zero-order valence-electron chi connectivity index (χ0n) is 20.5. The number of benzene rings is 4. The molecule has 5 heteroatoms. The highest BCUT2D eigenvalue weighted by molar-refractivity contribution is 5.87. The number of anilines is 1. The number of ether oxygens (including phenoxy) is 1. The van der Waals surface area contributed by atoms with E-state index in [1.807, 2.05) is 30.3 Å². The van der Waals surface area contributed by atoms with Crippen molar-refractivity contribution < 1.29 is 14.6 Å². The van der Waals surface area contributed by atoms with Crippen molar-refractivity contribution in [1.29, 1.82) is 0 Å². The quantitative estimate of drug-likeness (QED) is 0.268. The molecule has 4 aromatic rings. The van der Waals surface area contributed by atoms with Crippen molar-refractivity contribution >= 4 is 34.8 Å². The van der Waals surface area contributed by atoms with E-state index in [2.05, 4.69) is 60.4 Å². The maximum Gasteiger partial charge on any atom is 0.335 e. The van der Waals surface area contributed by atoms with Crippen molar-refractivity contribution in [3.63, 3.8) is 0 Å². The lowest BCUT2D eigenvalue weighted by Gasteiger charge is -2.36. The molecule has 5 rings (SSSR count). The van der Waals surface area contributed by atoms with Gasteiger partial charge in [-0.05, 0) is 71.3 Å². The van der Waals surface area contributed by atoms with Gasteiger partial charge in [-0.1, -0.05) is 73.7 Å². The predicted molar refractivity (Wildman–Crippen MR) is 149 cm³/mol. The molecular formula is C31H32ClNO3. The Morgan fingerprint density at radius 1 is 0.972 bits per heavy atom. The summed E-state index contributed by atoms with van der Waals surface area (Å²) in [7, 11) is 0. The lowest BCUT2D eigenvalue weighted by molar-refractivity contribution is 0.0697. The summed E-state index contributed by atoms with van der Waals surface area (Å²) in [6.07, 6.45) is 3.34. The van der Waals surface area contributed by atoms with Crippen LogP contribution in [0.2, 0.25) is 0 Å². The SMILES string of the molecule is C[C@@H](CCCC1CN(Cc2ccc(C(=O)O)cc2)c2ccccc2O1)c1cccc2ccccc12.Cl. The molecule has 0 spiro atoms. The lowest BCUT2D eigenvalue weighted by atomic mass is 9.90. The highest BCUT2D eigenvalue weighted by Crippen LogP contribution is 2.36. The van der Waals surface area contributed by atoms with Crippen LogP contribution in [-0.4, -0.2) is 23.7 Å². The Labute approximate surface area is 218 Å². The normalized spacial score (nSPS) is 15.5. The van der Waals surface area contributed by atoms with E-state index in [0.717, 1.165) is 49.4 Å². The maximum atomic E-state index is 11.2. The van der Waals surface area contributed by atoms with Gasteiger partial charge in [0.15, 0.2) is 0 Å². The molecule has 0 amide bonds. The number of fused-ring (bicyclic) bond motifs is 2. The number of hydrogen-bond acceptors (Lipinski definition) is 3. The van der Waals surface area contributed by atoms with Gasteiger partial charge in [-0.3, -0.25) is 0 Å². The molecule has 1 heterocycles. The second-order valence-corrected chi connectivity index (χ2v) is 9.49. The summed E-state index contributed by atoms with van der Waals surface area (Å²) in [5, 5.41) is 11.8. The largest absolute Gasteiger partial charge is 0.486 e. The van der Waals surface area contributed by atoms with E-state index < -0.39 is 5.97 Å². The summed E-state index contributed by atoms with van der Waals surface area (Å²) in [6.45, 7) is 3.87. The van der Waals surface area contributed by atoms with Gasteiger partial charge in [-0.2, -0.15) is 0 Å². The van der Waals surface area contributed by atoms with Gasteiger partial charge in [0.1, 0.15) is 11.9 Å². The van der Waals surface area contributed by atoms with Gasteiger partial charge in [-0.15, -0.1) is 12.4 Å². The fourth-order valence-electron chi connectivity index (χ4n) is 5.14. The first kappa shape index (κ1) is 25.6. The molecule has 4 aromatic carbocycles. The van der Waals surface area contributed by atoms with Gasteiger partial charge in [0.2, 0.25) is 0 Å². The van der Waals surface area contributed by atoms with Crippen LogP contribution in [0.5, 0.6) is 5.75 Å². The second-order valence-electron chi connectivity index (χ2n) is 9.49. The molecule has 0 aromatic heterocycles. The molecule has 1 aliphatic heterocycles. The van der Waals surface area contributed by atoms with Gasteiger partial charge in [-0.25, -0.2) is 4.79 Å². The third-order valence-electron chi connectivity index (χ3n) is 7.02. The number of halogens is 1. The molecule has 0 bridgehead atoms. The fourth-order valence-corrected chi connectivity index (χ4v) is 5.14. The summed E-state index contributed by atoms with van der Waals surface area (Å²) in [5.41, 5.74) is 3.92. The Hall–Kier alpha value is -3.50. The number of aromatic carboxylic acids is 1. The predicted octanol–water partition coefficient (Wildman–Crippen LogP) is 7.70. The Kier molecular flexibility index (Phi) is 8.17. The molecule has 1 aliphatic rings. The second kappa shape index (κ2) is 11.5. The van der Waals surface area contributed by atoms with E-state index >= 15 is 0 Å². The van der Waals surface area contributed by atoms with Crippen LogP contribution in [0.15, 0.2) is 91.0 Å². The molecule has 2 atom stereocenters. The van der Waals surface area contributed by atoms with Gasteiger partial charge < -0.3 is 14.7 Å². The highest BCUT2D eigenvalue weighted by Gasteiger charge is 2.25. The minimum atomic E-state index is -0.897. The van der Waals surface area contributed by atoms with E-state index in [-0.39, 0.29) is 18.5 Å². The van der Waals surface area contributed by atoms with E-state index in [1.54, 1.807) is 12.1 Å². The first-order valence-electron chi connectivity index (χ1n) is 12.4. The highest BCUT2D eigenvalue weighted by atomic mass is 35.5. The van der Waals surface area contributed by atoms with Crippen molar-refractivity contribution in [2.24, 2.45) is 0 Å². The van der Waals surface area contributed by atoms with Crippen LogP contribution in [0.4, 0.5) is 5.69 Å². The fraction of sp³-hybridized carbons (Fsp3) is 0.258. The molecule has 4 nitrogen and oxygen atoms in total. The third kappa shape index (κ3) is 5.66. The summed E-state index contributed by atoms with van der Waals surface area (Å²) < 4.78 is 6.39. The van der Waals surface area contributed by atoms with E-state index in [9.17, 15) is 9.90 Å². The molecule has 0 fully saturated rings. The number of carboxylic acids is 1. The molecule has 186 valence electrons. The van der Waals surface area contributed by atoms with Crippen LogP contribution in [0, 0.1) is 0 Å². The zero-order valence-corrected chi connectivity index (χ0v) is 21.3. The number of carboxylic acid groups (broad SMARTS) is 1. The molecular weight excluding hydrogens is 470 g/mol. The minimum absolute atomic E-state index is 0. The summed E-state index contributed by atoms with van der Waals surface area (Å²) in [6, 6.07) is 30.6. The van der Waals surface area contributed by atoms with Gasteiger partial charge in [0.25, 0.3) is 0 Å². The summed E-state index contributed by atoms with van der Waals surface area (Å²) in [4.78, 5) is 13.5. The molecule has 0 saturated heterocycles. The van der Waals surface area contributed by atoms with E-state index in [0.29, 0.717) is 11.5 Å². The lowest BCUT2D eigenvalue weighted by Crippen LogP contribution is -2.39. The minimum Gasteiger partial charge on any atom is -0.486 e. The van der Waals surface area contributed by atoms with Crippen LogP contribution in [0.3, 0.4) is 0 Å². The molecule has 0 radical (unpaired) electrons. The maximum absolute atomic E-state index is 11.2. The smallest absolute Gasteiger partial charge is 0.335 e. The number of para-hydroxylation sites is 2. The van der Waals surface area contributed by atoms with Gasteiger partial charge in [0.05, 0.1) is 17.8 Å². The zero-order chi connectivity index (χ0) is 24.2. The van der Waals surface area contributed by atoms with Crippen molar-refractivity contribution in [3.05, 3.63) is 108 Å². The van der Waals surface area contributed by atoms with Crippen LogP contribution in [-0.2, 0) is 6.54 Å². The molecule has 36 heavy (non-hydrogen) atoms. The first-order chi connectivity index (χ1) is 17.1. The average molecular weight is 502 g/mol. The van der Waals surface area contributed by atoms with Crippen LogP contribution >= 0.6 is 12.4 Å². The Bertz CT molecular complexity index is 1320. The average Bonchev–Trinajstić information content (AvgIpc) is 2.88. The Balaban J connectivity index is 0.00000304. The number of carbonyl (C=O) groups is 1. The molecule has 0 aliphatic carbocycles. The van der Waals surface area contributed by atoms with Gasteiger partial charge in [0, 0.05) is 6.54 Å². The molecule has 1 N–H and O–H groups in total. The van der Waals surface area contributed by atoms with Gasteiger partial charge >= 0.3 is 5.97 Å². The van der Waals surface area contributed by atoms with Crippen LogP contribution in [0.25, 0.3) is 10.8 Å². The van der Waals surface area contributed by atoms with Crippen LogP contribution < -0.4 is 9.64 Å². The number of rotatable bonds is 8. The summed E-state index contributed by atoms with van der Waals surface area (Å²) in [5.74, 6) is 0.514. The third-order valence-corrected chi connectivity index (χ3v) is 7.02. The Morgan fingerprint density at radius 3 is 2.50 bits per heavy atom. The van der Waals surface area contributed by atoms with Crippen molar-refractivity contribution in [2.75, 3.05) is 11.4 Å². The topological polar surface area (TPSA) is 49.8 Å². The van der Waals surface area contributed by atoms with E-state index in [4.69, 9.17) is 4.74 Å². The Morgan fingerprint density at radius 2 is 1.69 bits per heavy atom. The monoisotopic (exact) mass is 501 g/mol. The van der Waals surface area contributed by atoms with Crippen molar-refractivity contribution in [3.8, 4) is 5.75 Å².